The van der Waals surface area contributed by atoms with Crippen LogP contribution in [-0.4, -0.2) is 38.7 Å². The number of tetrazole rings is 1. The van der Waals surface area contributed by atoms with Gasteiger partial charge in [-0.2, -0.15) is 0 Å². The Morgan fingerprint density at radius 3 is 2.46 bits per heavy atom. The van der Waals surface area contributed by atoms with E-state index in [9.17, 15) is 9.59 Å². The summed E-state index contributed by atoms with van der Waals surface area (Å²) in [6.07, 6.45) is 2.63. The van der Waals surface area contributed by atoms with E-state index in [4.69, 9.17) is 4.74 Å². The summed E-state index contributed by atoms with van der Waals surface area (Å²) in [5, 5.41) is 13.7. The number of nitrogens with one attached hydrogen (secondary N) is 1. The standard InChI is InChI=1S/C20H21N5O3/c1-2-15-8-10-17(11-9-15)22-19(26)13-28-20(27)18(25-14-21-23-24-25)12-16-6-4-3-5-7-16/h3-11,14,18H,2,12-13H2,1H3,(H,22,26)/t18-/m0/s1. The van der Waals surface area contributed by atoms with Gasteiger partial charge in [0.05, 0.1) is 0 Å². The first-order valence-electron chi connectivity index (χ1n) is 8.97. The minimum absolute atomic E-state index is 0.352. The molecule has 0 aliphatic rings. The molecule has 1 heterocycles. The molecule has 0 aliphatic heterocycles. The number of nitrogens with zero attached hydrogens (tertiary/aromatic N) is 4. The molecule has 0 spiro atoms. The van der Waals surface area contributed by atoms with E-state index in [-0.39, 0.29) is 6.61 Å². The lowest BCUT2D eigenvalue weighted by Gasteiger charge is -2.15. The van der Waals surface area contributed by atoms with Gasteiger partial charge in [0.2, 0.25) is 0 Å². The molecular weight excluding hydrogens is 358 g/mol. The van der Waals surface area contributed by atoms with E-state index in [0.717, 1.165) is 12.0 Å². The average molecular weight is 379 g/mol. The molecule has 8 heteroatoms. The van der Waals surface area contributed by atoms with E-state index in [1.807, 2.05) is 54.6 Å². The monoisotopic (exact) mass is 379 g/mol. The van der Waals surface area contributed by atoms with Crippen molar-refractivity contribution in [2.75, 3.05) is 11.9 Å². The molecule has 3 aromatic rings. The van der Waals surface area contributed by atoms with E-state index in [1.165, 1.54) is 16.6 Å². The van der Waals surface area contributed by atoms with Gasteiger partial charge in [0.15, 0.2) is 12.6 Å². The van der Waals surface area contributed by atoms with Gasteiger partial charge in [0, 0.05) is 12.1 Å². The first-order chi connectivity index (χ1) is 13.7. The Kier molecular flexibility index (Phi) is 6.46. The van der Waals surface area contributed by atoms with Crippen LogP contribution in [0.3, 0.4) is 0 Å². The zero-order valence-corrected chi connectivity index (χ0v) is 15.5. The highest BCUT2D eigenvalue weighted by Crippen LogP contribution is 2.15. The van der Waals surface area contributed by atoms with Crippen LogP contribution in [0, 0.1) is 0 Å². The summed E-state index contributed by atoms with van der Waals surface area (Å²) < 4.78 is 6.54. The van der Waals surface area contributed by atoms with Gasteiger partial charge in [-0.15, -0.1) is 5.10 Å². The summed E-state index contributed by atoms with van der Waals surface area (Å²) >= 11 is 0. The third kappa shape index (κ3) is 5.23. The third-order valence-corrected chi connectivity index (χ3v) is 4.22. The van der Waals surface area contributed by atoms with E-state index < -0.39 is 17.9 Å². The highest BCUT2D eigenvalue weighted by atomic mass is 16.5. The van der Waals surface area contributed by atoms with Crippen molar-refractivity contribution in [3.05, 3.63) is 72.1 Å². The summed E-state index contributed by atoms with van der Waals surface area (Å²) in [7, 11) is 0. The molecule has 0 aliphatic carbocycles. The molecule has 0 bridgehead atoms. The van der Waals surface area contributed by atoms with Crippen LogP contribution in [0.4, 0.5) is 5.69 Å². The van der Waals surface area contributed by atoms with Crippen molar-refractivity contribution in [1.29, 1.82) is 0 Å². The van der Waals surface area contributed by atoms with Gasteiger partial charge in [-0.25, -0.2) is 9.48 Å². The zero-order valence-electron chi connectivity index (χ0n) is 15.5. The molecule has 1 N–H and O–H groups in total. The number of hydrogen-bond acceptors (Lipinski definition) is 6. The minimum Gasteiger partial charge on any atom is -0.454 e. The average Bonchev–Trinajstić information content (AvgIpc) is 3.26. The topological polar surface area (TPSA) is 99.0 Å². The van der Waals surface area contributed by atoms with E-state index in [2.05, 4.69) is 27.8 Å². The summed E-state index contributed by atoms with van der Waals surface area (Å²) in [5.74, 6) is -0.986. The molecule has 1 amide bonds. The number of hydrogen-bond donors (Lipinski definition) is 1. The van der Waals surface area contributed by atoms with Crippen molar-refractivity contribution in [2.24, 2.45) is 0 Å². The second-order valence-corrected chi connectivity index (χ2v) is 6.20. The third-order valence-electron chi connectivity index (χ3n) is 4.22. The number of aromatic nitrogens is 4. The van der Waals surface area contributed by atoms with Gasteiger partial charge < -0.3 is 10.1 Å². The number of carbonyl (C=O) groups excluding carboxylic acids is 2. The fourth-order valence-corrected chi connectivity index (χ4v) is 2.69. The molecule has 1 aromatic heterocycles. The van der Waals surface area contributed by atoms with Gasteiger partial charge in [-0.3, -0.25) is 4.79 Å². The van der Waals surface area contributed by atoms with Crippen molar-refractivity contribution in [2.45, 2.75) is 25.8 Å². The maximum atomic E-state index is 12.6. The molecule has 1 atom stereocenters. The maximum Gasteiger partial charge on any atom is 0.331 e. The Morgan fingerprint density at radius 1 is 1.07 bits per heavy atom. The van der Waals surface area contributed by atoms with Crippen LogP contribution < -0.4 is 5.32 Å². The number of rotatable bonds is 8. The number of esters is 1. The Bertz CT molecular complexity index is 895. The molecule has 0 unspecified atom stereocenters. The molecule has 3 rings (SSSR count). The molecule has 0 fully saturated rings. The Labute approximate surface area is 162 Å². The molecule has 0 saturated carbocycles. The number of ether oxygens (including phenoxy) is 1. The molecule has 8 nitrogen and oxygen atoms in total. The number of amides is 1. The number of aryl methyl sites for hydroxylation is 1. The minimum atomic E-state index is -0.756. The fraction of sp³-hybridized carbons (Fsp3) is 0.250. The van der Waals surface area contributed by atoms with Gasteiger partial charge in [-0.05, 0) is 40.1 Å². The Morgan fingerprint density at radius 2 is 1.82 bits per heavy atom. The predicted octanol–water partition coefficient (Wildman–Crippen LogP) is 2.20. The highest BCUT2D eigenvalue weighted by molar-refractivity contribution is 5.93. The summed E-state index contributed by atoms with van der Waals surface area (Å²) in [6, 6.07) is 16.2. The molecule has 28 heavy (non-hydrogen) atoms. The van der Waals surface area contributed by atoms with Crippen LogP contribution in [-0.2, 0) is 27.2 Å². The summed E-state index contributed by atoms with van der Waals surface area (Å²) in [5.41, 5.74) is 2.76. The zero-order chi connectivity index (χ0) is 19.8. The largest absolute Gasteiger partial charge is 0.454 e. The molecular formula is C20H21N5O3. The normalized spacial score (nSPS) is 11.6. The molecule has 0 saturated heterocycles. The predicted molar refractivity (Wildman–Crippen MR) is 102 cm³/mol. The number of anilines is 1. The maximum absolute atomic E-state index is 12.6. The van der Waals surface area contributed by atoms with Gasteiger partial charge in [-0.1, -0.05) is 49.4 Å². The SMILES string of the molecule is CCc1ccc(NC(=O)COC(=O)[C@H](Cc2ccccc2)n2cnnn2)cc1. The van der Waals surface area contributed by atoms with E-state index in [0.29, 0.717) is 12.1 Å². The lowest BCUT2D eigenvalue weighted by Crippen LogP contribution is -2.28. The van der Waals surface area contributed by atoms with E-state index >= 15 is 0 Å². The van der Waals surface area contributed by atoms with E-state index in [1.54, 1.807) is 0 Å². The van der Waals surface area contributed by atoms with Crippen LogP contribution in [0.2, 0.25) is 0 Å². The highest BCUT2D eigenvalue weighted by Gasteiger charge is 2.24. The first kappa shape index (κ1) is 19.2. The second-order valence-electron chi connectivity index (χ2n) is 6.20. The van der Waals surface area contributed by atoms with Crippen LogP contribution in [0.25, 0.3) is 0 Å². The Hall–Kier alpha value is -3.55. The van der Waals surface area contributed by atoms with Crippen LogP contribution in [0.15, 0.2) is 60.9 Å². The van der Waals surface area contributed by atoms with Crippen molar-refractivity contribution in [3.8, 4) is 0 Å². The lowest BCUT2D eigenvalue weighted by atomic mass is 10.1. The molecule has 0 radical (unpaired) electrons. The number of benzene rings is 2. The van der Waals surface area contributed by atoms with Crippen molar-refractivity contribution < 1.29 is 14.3 Å². The smallest absolute Gasteiger partial charge is 0.331 e. The summed E-state index contributed by atoms with van der Waals surface area (Å²) in [6.45, 7) is 1.67. The Balaban J connectivity index is 1.59. The van der Waals surface area contributed by atoms with Crippen LogP contribution in [0.1, 0.15) is 24.1 Å². The van der Waals surface area contributed by atoms with Crippen molar-refractivity contribution >= 4 is 17.6 Å². The van der Waals surface area contributed by atoms with Gasteiger partial charge in [0.1, 0.15) is 6.33 Å². The first-order valence-corrected chi connectivity index (χ1v) is 8.97. The fourth-order valence-electron chi connectivity index (χ4n) is 2.69. The van der Waals surface area contributed by atoms with Gasteiger partial charge >= 0.3 is 5.97 Å². The second kappa shape index (κ2) is 9.40. The summed E-state index contributed by atoms with van der Waals surface area (Å²) in [4.78, 5) is 24.7. The molecule has 2 aromatic carbocycles. The van der Waals surface area contributed by atoms with Crippen molar-refractivity contribution in [3.63, 3.8) is 0 Å². The number of carbonyl (C=O) groups is 2. The van der Waals surface area contributed by atoms with Crippen LogP contribution in [0.5, 0.6) is 0 Å². The molecule has 144 valence electrons. The lowest BCUT2D eigenvalue weighted by molar-refractivity contribution is -0.151. The van der Waals surface area contributed by atoms with Gasteiger partial charge in [0.25, 0.3) is 5.91 Å². The quantitative estimate of drug-likeness (QED) is 0.603. The van der Waals surface area contributed by atoms with Crippen molar-refractivity contribution in [1.82, 2.24) is 20.2 Å². The van der Waals surface area contributed by atoms with Crippen LogP contribution >= 0.6 is 0 Å².